The van der Waals surface area contributed by atoms with E-state index in [4.69, 9.17) is 14.2 Å². The van der Waals surface area contributed by atoms with Gasteiger partial charge in [0.2, 0.25) is 0 Å². The molecule has 3 heterocycles. The van der Waals surface area contributed by atoms with Crippen LogP contribution in [0, 0.1) is 11.3 Å². The number of hydrogen-bond acceptors (Lipinski definition) is 8. The first-order valence-corrected chi connectivity index (χ1v) is 10.8. The van der Waals surface area contributed by atoms with E-state index in [-0.39, 0.29) is 0 Å². The average molecular weight is 444 g/mol. The van der Waals surface area contributed by atoms with Crippen LogP contribution in [-0.2, 0) is 4.74 Å². The van der Waals surface area contributed by atoms with Crippen molar-refractivity contribution in [2.45, 2.75) is 0 Å². The molecule has 0 radical (unpaired) electrons. The highest BCUT2D eigenvalue weighted by Gasteiger charge is 2.17. The monoisotopic (exact) mass is 444 g/mol. The van der Waals surface area contributed by atoms with Crippen molar-refractivity contribution in [1.29, 1.82) is 5.26 Å². The second kappa shape index (κ2) is 9.32. The van der Waals surface area contributed by atoms with Crippen molar-refractivity contribution in [3.05, 3.63) is 48.3 Å². The molecule has 1 aliphatic heterocycles. The number of fused-ring (bicyclic) bond motifs is 2. The lowest BCUT2D eigenvalue weighted by molar-refractivity contribution is 0.0321. The van der Waals surface area contributed by atoms with Gasteiger partial charge in [0.1, 0.15) is 18.2 Å². The normalized spacial score (nSPS) is 14.3. The summed E-state index contributed by atoms with van der Waals surface area (Å²) < 4.78 is 17.1. The third-order valence-electron chi connectivity index (χ3n) is 5.76. The Labute approximate surface area is 190 Å². The van der Waals surface area contributed by atoms with Crippen LogP contribution in [0.25, 0.3) is 21.8 Å². The number of anilines is 2. The maximum Gasteiger partial charge on any atom is 0.187 e. The highest BCUT2D eigenvalue weighted by atomic mass is 16.5. The van der Waals surface area contributed by atoms with Crippen LogP contribution < -0.4 is 14.8 Å². The number of aromatic nitrogens is 3. The van der Waals surface area contributed by atoms with Crippen molar-refractivity contribution in [1.82, 2.24) is 20.1 Å². The van der Waals surface area contributed by atoms with Crippen molar-refractivity contribution in [2.24, 2.45) is 0 Å². The molecule has 33 heavy (non-hydrogen) atoms. The number of nitrogens with zero attached hydrogens (tertiary/aromatic N) is 4. The van der Waals surface area contributed by atoms with E-state index in [0.717, 1.165) is 54.8 Å². The molecular weight excluding hydrogens is 420 g/mol. The van der Waals surface area contributed by atoms with Crippen LogP contribution in [0.1, 0.15) is 5.56 Å². The number of benzene rings is 2. The molecule has 9 nitrogen and oxygen atoms in total. The fourth-order valence-electron chi connectivity index (χ4n) is 4.02. The molecule has 0 amide bonds. The van der Waals surface area contributed by atoms with Gasteiger partial charge in [-0.05, 0) is 30.3 Å². The van der Waals surface area contributed by atoms with Gasteiger partial charge in [-0.25, -0.2) is 0 Å². The van der Waals surface area contributed by atoms with Gasteiger partial charge in [0.25, 0.3) is 0 Å². The van der Waals surface area contributed by atoms with E-state index in [0.29, 0.717) is 34.9 Å². The van der Waals surface area contributed by atoms with Crippen molar-refractivity contribution in [3.63, 3.8) is 0 Å². The number of methoxy groups -OCH3 is 1. The highest BCUT2D eigenvalue weighted by molar-refractivity contribution is 6.00. The summed E-state index contributed by atoms with van der Waals surface area (Å²) in [5, 5.41) is 21.9. The minimum atomic E-state index is 0.440. The summed E-state index contributed by atoms with van der Waals surface area (Å²) in [5.41, 5.74) is 3.48. The molecule has 9 heteroatoms. The minimum absolute atomic E-state index is 0.440. The molecule has 2 aromatic heterocycles. The van der Waals surface area contributed by atoms with Gasteiger partial charge in [0, 0.05) is 42.3 Å². The summed E-state index contributed by atoms with van der Waals surface area (Å²) in [6.45, 7) is 4.69. The fraction of sp³-hybridized carbons (Fsp3) is 0.292. The van der Waals surface area contributed by atoms with Crippen molar-refractivity contribution >= 4 is 33.2 Å². The molecule has 5 rings (SSSR count). The zero-order chi connectivity index (χ0) is 22.6. The molecule has 0 spiro atoms. The van der Waals surface area contributed by atoms with Gasteiger partial charge in [-0.1, -0.05) is 0 Å². The average Bonchev–Trinajstić information content (AvgIpc) is 3.32. The number of morpholine rings is 1. The lowest BCUT2D eigenvalue weighted by atomic mass is 10.1. The molecule has 0 bridgehead atoms. The Morgan fingerprint density at radius 3 is 2.91 bits per heavy atom. The van der Waals surface area contributed by atoms with Gasteiger partial charge in [-0.2, -0.15) is 10.4 Å². The molecule has 4 aromatic rings. The second-order valence-electron chi connectivity index (χ2n) is 7.75. The number of nitrogens with one attached hydrogen (secondary N) is 2. The van der Waals surface area contributed by atoms with E-state index in [1.165, 1.54) is 0 Å². The van der Waals surface area contributed by atoms with Gasteiger partial charge >= 0.3 is 0 Å². The Hall–Kier alpha value is -3.87. The second-order valence-corrected chi connectivity index (χ2v) is 7.75. The zero-order valence-corrected chi connectivity index (χ0v) is 18.3. The Bertz CT molecular complexity index is 1320. The van der Waals surface area contributed by atoms with Crippen LogP contribution in [-0.4, -0.2) is 66.6 Å². The van der Waals surface area contributed by atoms with E-state index >= 15 is 0 Å². The third-order valence-corrected chi connectivity index (χ3v) is 5.76. The molecule has 2 aromatic carbocycles. The Morgan fingerprint density at radius 2 is 2.09 bits per heavy atom. The smallest absolute Gasteiger partial charge is 0.187 e. The van der Waals surface area contributed by atoms with Gasteiger partial charge in [-0.15, -0.1) is 0 Å². The number of aromatic amines is 1. The van der Waals surface area contributed by atoms with Crippen LogP contribution in [0.5, 0.6) is 11.5 Å². The third kappa shape index (κ3) is 4.26. The highest BCUT2D eigenvalue weighted by Crippen LogP contribution is 2.39. The van der Waals surface area contributed by atoms with Gasteiger partial charge in [0.15, 0.2) is 11.5 Å². The summed E-state index contributed by atoms with van der Waals surface area (Å²) in [4.78, 5) is 6.83. The van der Waals surface area contributed by atoms with E-state index in [2.05, 4.69) is 31.5 Å². The first-order chi connectivity index (χ1) is 16.3. The zero-order valence-electron chi connectivity index (χ0n) is 18.3. The molecule has 168 valence electrons. The number of pyridine rings is 1. The Morgan fingerprint density at radius 1 is 1.21 bits per heavy atom. The van der Waals surface area contributed by atoms with Crippen molar-refractivity contribution < 1.29 is 14.2 Å². The van der Waals surface area contributed by atoms with E-state index < -0.39 is 0 Å². The molecule has 1 aliphatic rings. The van der Waals surface area contributed by atoms with Crippen molar-refractivity contribution in [3.8, 4) is 17.6 Å². The molecule has 0 unspecified atom stereocenters. The lowest BCUT2D eigenvalue weighted by Crippen LogP contribution is -2.38. The van der Waals surface area contributed by atoms with Crippen LogP contribution in [0.4, 0.5) is 11.4 Å². The number of ether oxygens (including phenoxy) is 3. The molecule has 0 aliphatic carbocycles. The molecule has 0 saturated carbocycles. The number of nitriles is 1. The van der Waals surface area contributed by atoms with Crippen LogP contribution in [0.15, 0.2) is 42.7 Å². The summed E-state index contributed by atoms with van der Waals surface area (Å²) in [6.07, 6.45) is 3.33. The first-order valence-electron chi connectivity index (χ1n) is 10.8. The maximum atomic E-state index is 9.70. The molecular formula is C24H24N6O3. The van der Waals surface area contributed by atoms with Crippen molar-refractivity contribution in [2.75, 3.05) is 51.9 Å². The first kappa shape index (κ1) is 21.0. The quantitative estimate of drug-likeness (QED) is 0.446. The Balaban J connectivity index is 1.45. The predicted molar refractivity (Wildman–Crippen MR) is 125 cm³/mol. The standard InChI is InChI=1S/C24H24N6O3/c1-31-24-21(33-11-8-30-6-9-32-10-7-30)5-4-19-22(17(13-25)14-26-23(19)24)28-18-3-2-16-15-27-29-20(16)12-18/h2-5,12,14-15H,6-11H2,1H3,(H,26,28)(H,27,29). The minimum Gasteiger partial charge on any atom is -0.491 e. The summed E-state index contributed by atoms with van der Waals surface area (Å²) in [5.74, 6) is 1.17. The maximum absolute atomic E-state index is 9.70. The number of hydrogen-bond donors (Lipinski definition) is 2. The largest absolute Gasteiger partial charge is 0.491 e. The molecule has 0 atom stereocenters. The molecule has 1 saturated heterocycles. The molecule has 1 fully saturated rings. The van der Waals surface area contributed by atoms with E-state index in [1.807, 2.05) is 30.3 Å². The SMILES string of the molecule is COc1c(OCCN2CCOCC2)ccc2c(Nc3ccc4cn[nH]c4c3)c(C#N)cnc12. The summed E-state index contributed by atoms with van der Waals surface area (Å²) >= 11 is 0. The fourth-order valence-corrected chi connectivity index (χ4v) is 4.02. The van der Waals surface area contributed by atoms with Crippen LogP contribution in [0.3, 0.4) is 0 Å². The lowest BCUT2D eigenvalue weighted by Gasteiger charge is -2.26. The summed E-state index contributed by atoms with van der Waals surface area (Å²) in [7, 11) is 1.60. The van der Waals surface area contributed by atoms with Crippen LogP contribution >= 0.6 is 0 Å². The number of H-pyrrole nitrogens is 1. The van der Waals surface area contributed by atoms with Crippen LogP contribution in [0.2, 0.25) is 0 Å². The van der Waals surface area contributed by atoms with Gasteiger partial charge < -0.3 is 19.5 Å². The van der Waals surface area contributed by atoms with Gasteiger partial charge in [0.05, 0.1) is 43.3 Å². The van der Waals surface area contributed by atoms with E-state index in [9.17, 15) is 5.26 Å². The van der Waals surface area contributed by atoms with E-state index in [1.54, 1.807) is 19.5 Å². The van der Waals surface area contributed by atoms with Gasteiger partial charge in [-0.3, -0.25) is 15.0 Å². The summed E-state index contributed by atoms with van der Waals surface area (Å²) in [6, 6.07) is 11.9. The topological polar surface area (TPSA) is 108 Å². The Kier molecular flexibility index (Phi) is 5.93. The predicted octanol–water partition coefficient (Wildman–Crippen LogP) is 3.45. The number of rotatable bonds is 7. The molecule has 2 N–H and O–H groups in total.